The smallest absolute Gasteiger partial charge is 0.320 e. The van der Waals surface area contributed by atoms with E-state index >= 15 is 0 Å². The van der Waals surface area contributed by atoms with Crippen LogP contribution in [0.25, 0.3) is 0 Å². The van der Waals surface area contributed by atoms with E-state index in [1.165, 1.54) is 17.5 Å². The Morgan fingerprint density at radius 2 is 1.79 bits per heavy atom. The summed E-state index contributed by atoms with van der Waals surface area (Å²) in [4.78, 5) is 25.9. The molecule has 5 heterocycles. The number of benzene rings is 1. The Labute approximate surface area is 200 Å². The minimum atomic E-state index is -0.546. The zero-order valence-electron chi connectivity index (χ0n) is 19.6. The lowest BCUT2D eigenvalue weighted by atomic mass is 9.91. The number of hydrogen-bond acceptors (Lipinski definition) is 6. The third-order valence-electron chi connectivity index (χ3n) is 7.69. The topological polar surface area (TPSA) is 72.4 Å². The molecule has 6 rings (SSSR count). The zero-order valence-corrected chi connectivity index (χ0v) is 19.6. The average Bonchev–Trinajstić information content (AvgIpc) is 3.19. The van der Waals surface area contributed by atoms with Crippen molar-refractivity contribution >= 4 is 11.8 Å². The molecule has 2 amide bonds. The number of fused-ring (bicyclic) bond motifs is 3. The van der Waals surface area contributed by atoms with Crippen LogP contribution in [0.4, 0.5) is 10.6 Å². The SMILES string of the molecule is O=C1N(Cc2ccc(N3C4COCC3C4)nc2)CCN1C[C@H](O)CN1CCc2ccccc2C1. The van der Waals surface area contributed by atoms with Crippen molar-refractivity contribution in [3.8, 4) is 0 Å². The van der Waals surface area contributed by atoms with Gasteiger partial charge in [0.1, 0.15) is 5.82 Å². The van der Waals surface area contributed by atoms with Crippen LogP contribution in [-0.4, -0.2) is 94.9 Å². The van der Waals surface area contributed by atoms with Gasteiger partial charge in [-0.3, -0.25) is 4.90 Å². The van der Waals surface area contributed by atoms with E-state index < -0.39 is 6.10 Å². The van der Waals surface area contributed by atoms with Crippen LogP contribution < -0.4 is 4.90 Å². The van der Waals surface area contributed by atoms with Crippen LogP contribution in [0.1, 0.15) is 23.1 Å². The van der Waals surface area contributed by atoms with Crippen molar-refractivity contribution < 1.29 is 14.6 Å². The molecule has 0 spiro atoms. The summed E-state index contributed by atoms with van der Waals surface area (Å²) in [6.45, 7) is 6.24. The molecule has 1 N–H and O–H groups in total. The average molecular weight is 464 g/mol. The fourth-order valence-electron chi connectivity index (χ4n) is 5.86. The quantitative estimate of drug-likeness (QED) is 0.674. The van der Waals surface area contributed by atoms with Gasteiger partial charge in [-0.1, -0.05) is 30.3 Å². The fraction of sp³-hybridized carbons (Fsp3) is 0.538. The molecule has 180 valence electrons. The molecule has 34 heavy (non-hydrogen) atoms. The van der Waals surface area contributed by atoms with Gasteiger partial charge in [-0.15, -0.1) is 0 Å². The van der Waals surface area contributed by atoms with E-state index in [-0.39, 0.29) is 6.03 Å². The van der Waals surface area contributed by atoms with Gasteiger partial charge in [0.2, 0.25) is 0 Å². The molecular weight excluding hydrogens is 430 g/mol. The molecule has 0 saturated carbocycles. The standard InChI is InChI=1S/C26H33N5O3/c32-24(15-28-8-7-20-3-1-2-4-21(20)14-28)16-30-10-9-29(26(30)33)13-19-5-6-25(27-12-19)31-22-11-23(31)18-34-17-22/h1-6,12,22-24,32H,7-11,13-18H2/t22?,23?,24-/m1/s1. The van der Waals surface area contributed by atoms with E-state index in [1.54, 1.807) is 4.90 Å². The maximum absolute atomic E-state index is 12.9. The van der Waals surface area contributed by atoms with Gasteiger partial charge in [-0.2, -0.15) is 0 Å². The molecule has 3 fully saturated rings. The second-order valence-electron chi connectivity index (χ2n) is 10.1. The number of hydrogen-bond donors (Lipinski definition) is 1. The van der Waals surface area contributed by atoms with Gasteiger partial charge >= 0.3 is 6.03 Å². The van der Waals surface area contributed by atoms with Crippen LogP contribution in [0, 0.1) is 0 Å². The number of aliphatic hydroxyl groups excluding tert-OH is 1. The van der Waals surface area contributed by atoms with Gasteiger partial charge in [-0.05, 0) is 35.6 Å². The molecule has 0 aliphatic carbocycles. The highest BCUT2D eigenvalue weighted by atomic mass is 16.5. The number of nitrogens with zero attached hydrogens (tertiary/aromatic N) is 5. The first-order valence-corrected chi connectivity index (χ1v) is 12.5. The van der Waals surface area contributed by atoms with Crippen molar-refractivity contribution in [1.29, 1.82) is 0 Å². The number of β-amino-alcohol motifs (C(OH)–C–C–N with tert-alkyl or cyclic N) is 1. The largest absolute Gasteiger partial charge is 0.390 e. The van der Waals surface area contributed by atoms with Crippen LogP contribution in [0.5, 0.6) is 0 Å². The van der Waals surface area contributed by atoms with Gasteiger partial charge in [-0.25, -0.2) is 9.78 Å². The number of rotatable bonds is 7. The van der Waals surface area contributed by atoms with Crippen LogP contribution in [0.3, 0.4) is 0 Å². The van der Waals surface area contributed by atoms with Crippen molar-refractivity contribution in [3.63, 3.8) is 0 Å². The number of aliphatic hydroxyl groups is 1. The summed E-state index contributed by atoms with van der Waals surface area (Å²) in [5.74, 6) is 1.01. The lowest BCUT2D eigenvalue weighted by molar-refractivity contribution is 0.00970. The number of ether oxygens (including phenoxy) is 1. The fourth-order valence-corrected chi connectivity index (χ4v) is 5.86. The monoisotopic (exact) mass is 463 g/mol. The molecule has 1 aromatic carbocycles. The number of carbonyl (C=O) groups excluding carboxylic acids is 1. The van der Waals surface area contributed by atoms with E-state index in [4.69, 9.17) is 4.74 Å². The van der Waals surface area contributed by atoms with Crippen molar-refractivity contribution in [2.45, 2.75) is 44.1 Å². The summed E-state index contributed by atoms with van der Waals surface area (Å²) >= 11 is 0. The maximum atomic E-state index is 12.9. The summed E-state index contributed by atoms with van der Waals surface area (Å²) in [5, 5.41) is 10.7. The second kappa shape index (κ2) is 9.17. The zero-order chi connectivity index (χ0) is 23.1. The lowest BCUT2D eigenvalue weighted by Crippen LogP contribution is -2.64. The van der Waals surface area contributed by atoms with Gasteiger partial charge in [0.25, 0.3) is 0 Å². The molecule has 3 atom stereocenters. The maximum Gasteiger partial charge on any atom is 0.320 e. The van der Waals surface area contributed by atoms with Crippen molar-refractivity contribution in [2.24, 2.45) is 0 Å². The highest BCUT2D eigenvalue weighted by Crippen LogP contribution is 2.34. The Hall–Kier alpha value is -2.68. The van der Waals surface area contributed by atoms with Crippen LogP contribution in [0.2, 0.25) is 0 Å². The van der Waals surface area contributed by atoms with E-state index in [0.717, 1.165) is 44.1 Å². The number of amides is 2. The van der Waals surface area contributed by atoms with Crippen molar-refractivity contribution in [1.82, 2.24) is 19.7 Å². The molecule has 0 radical (unpaired) electrons. The van der Waals surface area contributed by atoms with Gasteiger partial charge < -0.3 is 24.5 Å². The predicted molar refractivity (Wildman–Crippen MR) is 129 cm³/mol. The Morgan fingerprint density at radius 1 is 1.00 bits per heavy atom. The second-order valence-corrected chi connectivity index (χ2v) is 10.1. The number of aromatic nitrogens is 1. The number of urea groups is 1. The molecule has 4 aliphatic rings. The van der Waals surface area contributed by atoms with E-state index in [1.807, 2.05) is 11.1 Å². The molecule has 8 nitrogen and oxygen atoms in total. The van der Waals surface area contributed by atoms with Crippen molar-refractivity contribution in [2.75, 3.05) is 50.8 Å². The van der Waals surface area contributed by atoms with E-state index in [9.17, 15) is 9.90 Å². The Bertz CT molecular complexity index is 1020. The minimum absolute atomic E-state index is 0.00143. The molecule has 2 bridgehead atoms. The Kier molecular flexibility index (Phi) is 5.89. The van der Waals surface area contributed by atoms with Crippen LogP contribution in [-0.2, 0) is 24.2 Å². The summed E-state index contributed by atoms with van der Waals surface area (Å²) in [5.41, 5.74) is 3.78. The normalized spacial score (nSPS) is 25.3. The predicted octanol–water partition coefficient (Wildman–Crippen LogP) is 1.72. The van der Waals surface area contributed by atoms with Gasteiger partial charge in [0, 0.05) is 52.0 Å². The Balaban J connectivity index is 0.993. The summed E-state index contributed by atoms with van der Waals surface area (Å²) in [6.07, 6.45) is 3.55. The molecule has 2 unspecified atom stereocenters. The number of pyridine rings is 1. The Morgan fingerprint density at radius 3 is 2.56 bits per heavy atom. The summed E-state index contributed by atoms with van der Waals surface area (Å²) in [6, 6.07) is 13.6. The molecule has 2 aromatic rings. The first kappa shape index (κ1) is 21.8. The summed E-state index contributed by atoms with van der Waals surface area (Å²) in [7, 11) is 0. The van der Waals surface area contributed by atoms with Crippen molar-refractivity contribution in [3.05, 3.63) is 59.3 Å². The molecule has 8 heteroatoms. The number of carbonyl (C=O) groups is 1. The van der Waals surface area contributed by atoms with Crippen LogP contribution >= 0.6 is 0 Å². The van der Waals surface area contributed by atoms with Gasteiger partial charge in [0.05, 0.1) is 31.4 Å². The molecule has 3 saturated heterocycles. The third kappa shape index (κ3) is 4.26. The first-order chi connectivity index (χ1) is 16.6. The first-order valence-electron chi connectivity index (χ1n) is 12.5. The molecule has 4 aliphatic heterocycles. The van der Waals surface area contributed by atoms with E-state index in [2.05, 4.69) is 51.2 Å². The minimum Gasteiger partial charge on any atom is -0.390 e. The number of morpholine rings is 1. The van der Waals surface area contributed by atoms with Gasteiger partial charge in [0.15, 0.2) is 0 Å². The third-order valence-corrected chi connectivity index (χ3v) is 7.69. The lowest BCUT2D eigenvalue weighted by Gasteiger charge is -2.53. The molecule has 1 aromatic heterocycles. The van der Waals surface area contributed by atoms with Crippen LogP contribution in [0.15, 0.2) is 42.6 Å². The highest BCUT2D eigenvalue weighted by Gasteiger charge is 2.43. The number of anilines is 1. The highest BCUT2D eigenvalue weighted by molar-refractivity contribution is 5.76. The summed E-state index contributed by atoms with van der Waals surface area (Å²) < 4.78 is 5.56. The van der Waals surface area contributed by atoms with E-state index in [0.29, 0.717) is 44.8 Å². The molecular formula is C26H33N5O3.